The van der Waals surface area contributed by atoms with E-state index in [1.165, 1.54) is 0 Å². The summed E-state index contributed by atoms with van der Waals surface area (Å²) in [6.07, 6.45) is 1.56. The Morgan fingerprint density at radius 1 is 1.45 bits per heavy atom. The molecule has 0 rings (SSSR count). The van der Waals surface area contributed by atoms with Gasteiger partial charge >= 0.3 is 0 Å². The molecule has 0 aliphatic rings. The molecule has 0 fully saturated rings. The molecule has 1 N–H and O–H groups in total. The Kier molecular flexibility index (Phi) is 4.15. The molecule has 0 heterocycles. The lowest BCUT2D eigenvalue weighted by molar-refractivity contribution is -0.345. The zero-order valence-corrected chi connectivity index (χ0v) is 7.55. The van der Waals surface area contributed by atoms with Crippen molar-refractivity contribution in [3.05, 3.63) is 11.8 Å². The third kappa shape index (κ3) is 7.36. The molecule has 0 amide bonds. The summed E-state index contributed by atoms with van der Waals surface area (Å²) in [4.78, 5) is 9.63. The maximum absolute atomic E-state index is 8.91. The number of aliphatic hydroxyl groups is 1. The Hall–Kier alpha value is -0.540. The molecule has 0 unspecified atom stereocenters. The number of aliphatic hydroxyl groups excluding tert-OH is 1. The third-order valence-electron chi connectivity index (χ3n) is 0.849. The first kappa shape index (κ1) is 10.5. The monoisotopic (exact) mass is 160 g/mol. The third-order valence-corrected chi connectivity index (χ3v) is 0.849. The van der Waals surface area contributed by atoms with E-state index in [0.29, 0.717) is 0 Å². The quantitative estimate of drug-likeness (QED) is 0.391. The molecule has 0 aromatic heterocycles. The van der Waals surface area contributed by atoms with E-state index >= 15 is 0 Å². The molecule has 3 nitrogen and oxygen atoms in total. The van der Waals surface area contributed by atoms with Gasteiger partial charge in [0, 0.05) is 0 Å². The van der Waals surface area contributed by atoms with Crippen molar-refractivity contribution in [2.45, 2.75) is 33.3 Å². The second kappa shape index (κ2) is 4.36. The summed E-state index contributed by atoms with van der Waals surface area (Å²) in [6.45, 7) is 7.46. The molecular weight excluding hydrogens is 144 g/mol. The number of rotatable bonds is 3. The lowest BCUT2D eigenvalue weighted by Crippen LogP contribution is -2.20. The Balaban J connectivity index is 3.43. The van der Waals surface area contributed by atoms with Gasteiger partial charge in [-0.3, -0.25) is 0 Å². The van der Waals surface area contributed by atoms with Gasteiger partial charge in [-0.15, -0.1) is 0 Å². The van der Waals surface area contributed by atoms with E-state index in [4.69, 9.17) is 14.9 Å². The van der Waals surface area contributed by atoms with Gasteiger partial charge in [0.25, 0.3) is 0 Å². The Morgan fingerprint density at radius 3 is 2.36 bits per heavy atom. The summed E-state index contributed by atoms with van der Waals surface area (Å²) in [7, 11) is 0. The van der Waals surface area contributed by atoms with Gasteiger partial charge in [0.1, 0.15) is 12.4 Å². The minimum atomic E-state index is -0.325. The molecule has 0 spiro atoms. The van der Waals surface area contributed by atoms with Crippen molar-refractivity contribution in [2.24, 2.45) is 0 Å². The molecular formula is C8H16O3. The lowest BCUT2D eigenvalue weighted by Gasteiger charge is -2.16. The largest absolute Gasteiger partial charge is 0.510 e. The van der Waals surface area contributed by atoms with Crippen LogP contribution in [-0.2, 0) is 9.78 Å². The van der Waals surface area contributed by atoms with Gasteiger partial charge in [-0.1, -0.05) is 0 Å². The molecule has 0 aliphatic heterocycles. The fourth-order valence-electron chi connectivity index (χ4n) is 0.350. The maximum Gasteiger partial charge on any atom is 0.139 e. The van der Waals surface area contributed by atoms with Crippen molar-refractivity contribution in [1.82, 2.24) is 0 Å². The van der Waals surface area contributed by atoms with E-state index in [1.54, 1.807) is 13.0 Å². The van der Waals surface area contributed by atoms with E-state index in [1.807, 2.05) is 20.8 Å². The van der Waals surface area contributed by atoms with Gasteiger partial charge in [-0.25, -0.2) is 9.78 Å². The summed E-state index contributed by atoms with van der Waals surface area (Å²) >= 11 is 0. The highest BCUT2D eigenvalue weighted by Gasteiger charge is 2.11. The Bertz CT molecular complexity index is 133. The van der Waals surface area contributed by atoms with E-state index in [9.17, 15) is 0 Å². The molecule has 0 aliphatic carbocycles. The second-order valence-corrected chi connectivity index (χ2v) is 3.24. The first-order valence-electron chi connectivity index (χ1n) is 3.60. The van der Waals surface area contributed by atoms with Crippen molar-refractivity contribution in [1.29, 1.82) is 0 Å². The highest BCUT2D eigenvalue weighted by atomic mass is 17.2. The minimum absolute atomic E-state index is 0.105. The van der Waals surface area contributed by atoms with E-state index in [0.717, 1.165) is 0 Å². The van der Waals surface area contributed by atoms with Crippen LogP contribution >= 0.6 is 0 Å². The van der Waals surface area contributed by atoms with Crippen LogP contribution in [0, 0.1) is 0 Å². The zero-order chi connectivity index (χ0) is 8.91. The lowest BCUT2D eigenvalue weighted by atomic mass is 10.2. The van der Waals surface area contributed by atoms with E-state index in [-0.39, 0.29) is 18.0 Å². The van der Waals surface area contributed by atoms with Crippen LogP contribution in [0.2, 0.25) is 0 Å². The molecule has 66 valence electrons. The zero-order valence-electron chi connectivity index (χ0n) is 7.55. The highest BCUT2D eigenvalue weighted by Crippen LogP contribution is 2.07. The van der Waals surface area contributed by atoms with Crippen LogP contribution in [0.15, 0.2) is 11.8 Å². The van der Waals surface area contributed by atoms with Crippen molar-refractivity contribution >= 4 is 0 Å². The fourth-order valence-corrected chi connectivity index (χ4v) is 0.350. The molecule has 3 heteroatoms. The minimum Gasteiger partial charge on any atom is -0.510 e. The van der Waals surface area contributed by atoms with Gasteiger partial charge in [0.05, 0.1) is 5.60 Å². The molecule has 0 saturated carbocycles. The van der Waals surface area contributed by atoms with Crippen LogP contribution in [0.3, 0.4) is 0 Å². The Morgan fingerprint density at radius 2 is 2.00 bits per heavy atom. The SMILES string of the molecule is C/C=C(\O)COOC(C)(C)C. The summed E-state index contributed by atoms with van der Waals surface area (Å²) in [5.41, 5.74) is -0.325. The van der Waals surface area contributed by atoms with Crippen LogP contribution in [0.25, 0.3) is 0 Å². The summed E-state index contributed by atoms with van der Waals surface area (Å²) < 4.78 is 0. The normalized spacial score (nSPS) is 13.6. The average Bonchev–Trinajstić information content (AvgIpc) is 1.85. The molecule has 0 bridgehead atoms. The molecule has 0 aromatic carbocycles. The molecule has 11 heavy (non-hydrogen) atoms. The smallest absolute Gasteiger partial charge is 0.139 e. The van der Waals surface area contributed by atoms with Crippen molar-refractivity contribution in [3.63, 3.8) is 0 Å². The van der Waals surface area contributed by atoms with Gasteiger partial charge in [-0.05, 0) is 33.8 Å². The van der Waals surface area contributed by atoms with Crippen LogP contribution in [0.5, 0.6) is 0 Å². The summed E-state index contributed by atoms with van der Waals surface area (Å²) in [5, 5.41) is 8.91. The second-order valence-electron chi connectivity index (χ2n) is 3.24. The molecule has 0 saturated heterocycles. The highest BCUT2D eigenvalue weighted by molar-refractivity contribution is 4.86. The first-order chi connectivity index (χ1) is 4.95. The van der Waals surface area contributed by atoms with Gasteiger partial charge in [-0.2, -0.15) is 0 Å². The summed E-state index contributed by atoms with van der Waals surface area (Å²) in [5.74, 6) is 0.175. The van der Waals surface area contributed by atoms with Crippen molar-refractivity contribution < 1.29 is 14.9 Å². The average molecular weight is 160 g/mol. The summed E-state index contributed by atoms with van der Waals surface area (Å²) in [6, 6.07) is 0. The van der Waals surface area contributed by atoms with E-state index < -0.39 is 0 Å². The van der Waals surface area contributed by atoms with Gasteiger partial charge in [0.15, 0.2) is 0 Å². The van der Waals surface area contributed by atoms with Crippen LogP contribution in [-0.4, -0.2) is 17.3 Å². The molecule has 0 radical (unpaired) electrons. The van der Waals surface area contributed by atoms with Crippen molar-refractivity contribution in [2.75, 3.05) is 6.61 Å². The number of hydrogen-bond acceptors (Lipinski definition) is 3. The predicted molar refractivity (Wildman–Crippen MR) is 43.2 cm³/mol. The van der Waals surface area contributed by atoms with Gasteiger partial charge in [0.2, 0.25) is 0 Å². The van der Waals surface area contributed by atoms with Crippen LogP contribution < -0.4 is 0 Å². The topological polar surface area (TPSA) is 38.7 Å². The van der Waals surface area contributed by atoms with Crippen molar-refractivity contribution in [3.8, 4) is 0 Å². The van der Waals surface area contributed by atoms with Crippen LogP contribution in [0.4, 0.5) is 0 Å². The number of allylic oxidation sites excluding steroid dienone is 1. The first-order valence-corrected chi connectivity index (χ1v) is 3.60. The van der Waals surface area contributed by atoms with Gasteiger partial charge < -0.3 is 5.11 Å². The Labute approximate surface area is 67.6 Å². The van der Waals surface area contributed by atoms with E-state index in [2.05, 4.69) is 0 Å². The van der Waals surface area contributed by atoms with Crippen LogP contribution in [0.1, 0.15) is 27.7 Å². The standard InChI is InChI=1S/C8H16O3/c1-5-7(9)6-10-11-8(2,3)4/h5,9H,6H2,1-4H3/b7-5-. The number of hydrogen-bond donors (Lipinski definition) is 1. The maximum atomic E-state index is 8.91. The fraction of sp³-hybridized carbons (Fsp3) is 0.750. The predicted octanol–water partition coefficient (Wildman–Crippen LogP) is 2.19. The molecule has 0 atom stereocenters. The molecule has 0 aromatic rings.